The second-order valence-corrected chi connectivity index (χ2v) is 6.28. The first-order valence-electron chi connectivity index (χ1n) is 8.76. The average Bonchev–Trinajstić information content (AvgIpc) is 3.14. The van der Waals surface area contributed by atoms with Crippen LogP contribution in [-0.2, 0) is 13.1 Å². The number of amides is 1. The molecule has 7 nitrogen and oxygen atoms in total. The molecular weight excluding hydrogens is 457 g/mol. The predicted molar refractivity (Wildman–Crippen MR) is 116 cm³/mol. The highest BCUT2D eigenvalue weighted by molar-refractivity contribution is 14.0. The number of hydrogen-bond acceptors (Lipinski definition) is 4. The molecular formula is C19H26IN5O2. The van der Waals surface area contributed by atoms with E-state index in [2.05, 4.69) is 44.4 Å². The van der Waals surface area contributed by atoms with Gasteiger partial charge in [-0.15, -0.1) is 24.0 Å². The largest absolute Gasteiger partial charge is 0.454 e. The van der Waals surface area contributed by atoms with Gasteiger partial charge in [-0.25, -0.2) is 0 Å². The van der Waals surface area contributed by atoms with Crippen molar-refractivity contribution in [2.45, 2.75) is 13.1 Å². The lowest BCUT2D eigenvalue weighted by Crippen LogP contribution is -2.52. The van der Waals surface area contributed by atoms with E-state index >= 15 is 0 Å². The topological polar surface area (TPSA) is 87.1 Å². The summed E-state index contributed by atoms with van der Waals surface area (Å²) in [5.74, 6) is 1.10. The van der Waals surface area contributed by atoms with Gasteiger partial charge in [0.15, 0.2) is 11.7 Å². The molecule has 2 heterocycles. The second kappa shape index (κ2) is 10.3. The van der Waals surface area contributed by atoms with Gasteiger partial charge in [-0.2, -0.15) is 0 Å². The molecule has 1 aromatic carbocycles. The maximum atomic E-state index is 11.1. The molecule has 0 radical (unpaired) electrons. The number of nitrogens with one attached hydrogen (secondary N) is 1. The van der Waals surface area contributed by atoms with Crippen molar-refractivity contribution in [1.29, 1.82) is 0 Å². The summed E-state index contributed by atoms with van der Waals surface area (Å²) in [5.41, 5.74) is 6.54. The zero-order chi connectivity index (χ0) is 18.4. The SMILES string of the molecule is CN=C(NCc1ccc(C(N)=O)o1)N1CCN(Cc2ccccc2)CC1.I. The van der Waals surface area contributed by atoms with Crippen molar-refractivity contribution in [3.05, 3.63) is 59.5 Å². The highest BCUT2D eigenvalue weighted by atomic mass is 127. The zero-order valence-electron chi connectivity index (χ0n) is 15.4. The van der Waals surface area contributed by atoms with Gasteiger partial charge in [-0.1, -0.05) is 30.3 Å². The van der Waals surface area contributed by atoms with E-state index in [-0.39, 0.29) is 29.7 Å². The number of halogens is 1. The highest BCUT2D eigenvalue weighted by Crippen LogP contribution is 2.10. The lowest BCUT2D eigenvalue weighted by Gasteiger charge is -2.36. The standard InChI is InChI=1S/C19H25N5O2.HI/c1-21-19(22-13-16-7-8-17(26-16)18(20)25)24-11-9-23(10-12-24)14-15-5-3-2-4-6-15;/h2-8H,9-14H2,1H3,(H2,20,25)(H,21,22);1H. The Labute approximate surface area is 176 Å². The Hall–Kier alpha value is -2.07. The third-order valence-corrected chi connectivity index (χ3v) is 4.46. The number of nitrogens with zero attached hydrogens (tertiary/aromatic N) is 3. The summed E-state index contributed by atoms with van der Waals surface area (Å²) in [7, 11) is 1.77. The molecule has 1 fully saturated rings. The molecule has 1 aliphatic rings. The fourth-order valence-electron chi connectivity index (χ4n) is 3.06. The van der Waals surface area contributed by atoms with E-state index in [1.165, 1.54) is 5.56 Å². The Bertz CT molecular complexity index is 754. The molecule has 27 heavy (non-hydrogen) atoms. The van der Waals surface area contributed by atoms with Gasteiger partial charge in [0.2, 0.25) is 0 Å². The van der Waals surface area contributed by atoms with E-state index < -0.39 is 5.91 Å². The van der Waals surface area contributed by atoms with Crippen LogP contribution in [0.15, 0.2) is 51.9 Å². The number of carbonyl (C=O) groups is 1. The molecule has 146 valence electrons. The quantitative estimate of drug-likeness (QED) is 0.386. The third-order valence-electron chi connectivity index (χ3n) is 4.46. The van der Waals surface area contributed by atoms with Crippen LogP contribution in [0, 0.1) is 0 Å². The van der Waals surface area contributed by atoms with E-state index in [4.69, 9.17) is 10.2 Å². The summed E-state index contributed by atoms with van der Waals surface area (Å²) in [5, 5.41) is 3.28. The fraction of sp³-hybridized carbons (Fsp3) is 0.368. The van der Waals surface area contributed by atoms with Crippen LogP contribution in [0.5, 0.6) is 0 Å². The van der Waals surface area contributed by atoms with Crippen molar-refractivity contribution in [2.24, 2.45) is 10.7 Å². The van der Waals surface area contributed by atoms with E-state index in [1.54, 1.807) is 19.2 Å². The molecule has 0 spiro atoms. The van der Waals surface area contributed by atoms with Gasteiger partial charge >= 0.3 is 0 Å². The molecule has 1 saturated heterocycles. The van der Waals surface area contributed by atoms with Crippen LogP contribution in [0.1, 0.15) is 21.9 Å². The second-order valence-electron chi connectivity index (χ2n) is 6.28. The van der Waals surface area contributed by atoms with Crippen molar-refractivity contribution in [3.63, 3.8) is 0 Å². The molecule has 1 aromatic heterocycles. The Morgan fingerprint density at radius 1 is 1.15 bits per heavy atom. The molecule has 8 heteroatoms. The fourth-order valence-corrected chi connectivity index (χ4v) is 3.06. The lowest BCUT2D eigenvalue weighted by molar-refractivity contribution is 0.0972. The molecule has 1 aliphatic heterocycles. The molecule has 0 bridgehead atoms. The maximum absolute atomic E-state index is 11.1. The number of benzene rings is 1. The van der Waals surface area contributed by atoms with E-state index in [0.717, 1.165) is 38.7 Å². The van der Waals surface area contributed by atoms with Gasteiger partial charge in [0, 0.05) is 39.8 Å². The summed E-state index contributed by atoms with van der Waals surface area (Å²) in [4.78, 5) is 20.1. The first-order valence-corrected chi connectivity index (χ1v) is 8.76. The summed E-state index contributed by atoms with van der Waals surface area (Å²) < 4.78 is 5.39. The van der Waals surface area contributed by atoms with Gasteiger partial charge in [-0.05, 0) is 17.7 Å². The summed E-state index contributed by atoms with van der Waals surface area (Å²) in [6.07, 6.45) is 0. The number of aliphatic imine (C=N–C) groups is 1. The first kappa shape index (κ1) is 21.2. The van der Waals surface area contributed by atoms with Crippen LogP contribution in [0.2, 0.25) is 0 Å². The Morgan fingerprint density at radius 3 is 2.44 bits per heavy atom. The highest BCUT2D eigenvalue weighted by Gasteiger charge is 2.19. The smallest absolute Gasteiger partial charge is 0.284 e. The van der Waals surface area contributed by atoms with E-state index in [0.29, 0.717) is 12.3 Å². The predicted octanol–water partition coefficient (Wildman–Crippen LogP) is 1.89. The van der Waals surface area contributed by atoms with Gasteiger partial charge in [0.05, 0.1) is 6.54 Å². The Morgan fingerprint density at radius 2 is 1.85 bits per heavy atom. The van der Waals surface area contributed by atoms with Crippen LogP contribution in [-0.4, -0.2) is 54.9 Å². The van der Waals surface area contributed by atoms with Gasteiger partial charge in [0.25, 0.3) is 5.91 Å². The number of piperazine rings is 1. The van der Waals surface area contributed by atoms with Crippen molar-refractivity contribution in [3.8, 4) is 0 Å². The van der Waals surface area contributed by atoms with Crippen molar-refractivity contribution < 1.29 is 9.21 Å². The number of guanidine groups is 1. The molecule has 3 N–H and O–H groups in total. The molecule has 1 amide bonds. The maximum Gasteiger partial charge on any atom is 0.284 e. The number of hydrogen-bond donors (Lipinski definition) is 2. The van der Waals surface area contributed by atoms with Gasteiger partial charge < -0.3 is 20.4 Å². The Balaban J connectivity index is 0.00000261. The monoisotopic (exact) mass is 483 g/mol. The van der Waals surface area contributed by atoms with Crippen molar-refractivity contribution in [2.75, 3.05) is 33.2 Å². The number of rotatable bonds is 5. The van der Waals surface area contributed by atoms with E-state index in [9.17, 15) is 4.79 Å². The average molecular weight is 483 g/mol. The zero-order valence-corrected chi connectivity index (χ0v) is 17.8. The van der Waals surface area contributed by atoms with Crippen LogP contribution < -0.4 is 11.1 Å². The normalized spacial score (nSPS) is 15.3. The lowest BCUT2D eigenvalue weighted by atomic mass is 10.2. The minimum Gasteiger partial charge on any atom is -0.454 e. The van der Waals surface area contributed by atoms with Gasteiger partial charge in [-0.3, -0.25) is 14.7 Å². The molecule has 0 aliphatic carbocycles. The molecule has 0 unspecified atom stereocenters. The van der Waals surface area contributed by atoms with Crippen molar-refractivity contribution >= 4 is 35.8 Å². The first-order chi connectivity index (χ1) is 12.7. The van der Waals surface area contributed by atoms with Gasteiger partial charge in [0.1, 0.15) is 5.76 Å². The number of carbonyl (C=O) groups excluding carboxylic acids is 1. The number of furan rings is 1. The summed E-state index contributed by atoms with van der Waals surface area (Å²) in [6.45, 7) is 5.24. The van der Waals surface area contributed by atoms with Crippen molar-refractivity contribution in [1.82, 2.24) is 15.1 Å². The Kier molecular flexibility index (Phi) is 8.11. The molecule has 2 aromatic rings. The molecule has 0 saturated carbocycles. The van der Waals surface area contributed by atoms with Crippen LogP contribution in [0.4, 0.5) is 0 Å². The van der Waals surface area contributed by atoms with E-state index in [1.807, 2.05) is 6.07 Å². The van der Waals surface area contributed by atoms with Crippen LogP contribution >= 0.6 is 24.0 Å². The van der Waals surface area contributed by atoms with Crippen LogP contribution in [0.25, 0.3) is 0 Å². The third kappa shape index (κ3) is 5.96. The molecule has 3 rings (SSSR count). The molecule has 0 atom stereocenters. The number of nitrogens with two attached hydrogens (primary N) is 1. The minimum atomic E-state index is -0.560. The van der Waals surface area contributed by atoms with Crippen LogP contribution in [0.3, 0.4) is 0 Å². The minimum absolute atomic E-state index is 0. The summed E-state index contributed by atoms with van der Waals surface area (Å²) >= 11 is 0. The summed E-state index contributed by atoms with van der Waals surface area (Å²) in [6, 6.07) is 13.9. The number of primary amides is 1.